The molecular formula is C19H20N2O2. The second kappa shape index (κ2) is 6.05. The fraction of sp³-hybridized carbons (Fsp3) is 0.316. The second-order valence-electron chi connectivity index (χ2n) is 6.25. The minimum atomic E-state index is 0.0763. The second-order valence-corrected chi connectivity index (χ2v) is 6.25. The van der Waals surface area contributed by atoms with Crippen molar-refractivity contribution in [2.75, 3.05) is 18.4 Å². The van der Waals surface area contributed by atoms with Crippen molar-refractivity contribution in [1.29, 1.82) is 0 Å². The van der Waals surface area contributed by atoms with Crippen molar-refractivity contribution in [2.45, 2.75) is 19.3 Å². The number of para-hydroxylation sites is 1. The topological polar surface area (TPSA) is 54.3 Å². The molecular weight excluding hydrogens is 288 g/mol. The zero-order valence-corrected chi connectivity index (χ0v) is 13.0. The van der Waals surface area contributed by atoms with Gasteiger partial charge in [0.25, 0.3) is 0 Å². The SMILES string of the molecule is O=C(CCC1CCNC1)Nc1ccc2c(c1)oc1ccccc12. The smallest absolute Gasteiger partial charge is 0.224 e. The van der Waals surface area contributed by atoms with Gasteiger partial charge in [0.05, 0.1) is 0 Å². The Labute approximate surface area is 134 Å². The first kappa shape index (κ1) is 14.3. The van der Waals surface area contributed by atoms with Gasteiger partial charge in [-0.3, -0.25) is 4.79 Å². The van der Waals surface area contributed by atoms with Crippen molar-refractivity contribution in [2.24, 2.45) is 5.92 Å². The van der Waals surface area contributed by atoms with E-state index in [4.69, 9.17) is 4.42 Å². The van der Waals surface area contributed by atoms with Gasteiger partial charge < -0.3 is 15.1 Å². The van der Waals surface area contributed by atoms with Gasteiger partial charge in [0.2, 0.25) is 5.91 Å². The van der Waals surface area contributed by atoms with Gasteiger partial charge in [-0.2, -0.15) is 0 Å². The molecule has 118 valence electrons. The van der Waals surface area contributed by atoms with E-state index in [1.54, 1.807) is 0 Å². The fourth-order valence-corrected chi connectivity index (χ4v) is 3.32. The largest absolute Gasteiger partial charge is 0.456 e. The molecule has 4 nitrogen and oxygen atoms in total. The molecule has 3 aromatic rings. The third-order valence-corrected chi connectivity index (χ3v) is 4.60. The highest BCUT2D eigenvalue weighted by atomic mass is 16.3. The first-order valence-electron chi connectivity index (χ1n) is 8.21. The minimum absolute atomic E-state index is 0.0763. The first-order chi connectivity index (χ1) is 11.3. The van der Waals surface area contributed by atoms with E-state index in [2.05, 4.69) is 16.7 Å². The van der Waals surface area contributed by atoms with Crippen LogP contribution in [-0.2, 0) is 4.79 Å². The monoisotopic (exact) mass is 308 g/mol. The zero-order valence-electron chi connectivity index (χ0n) is 13.0. The maximum Gasteiger partial charge on any atom is 0.224 e. The summed E-state index contributed by atoms with van der Waals surface area (Å²) in [7, 11) is 0. The van der Waals surface area contributed by atoms with E-state index in [1.807, 2.05) is 36.4 Å². The number of furan rings is 1. The van der Waals surface area contributed by atoms with E-state index in [0.717, 1.165) is 47.1 Å². The molecule has 1 atom stereocenters. The standard InChI is InChI=1S/C19H20N2O2/c22-19(8-5-13-9-10-20-12-13)21-14-6-7-16-15-3-1-2-4-17(15)23-18(16)11-14/h1-4,6-7,11,13,20H,5,8-10,12H2,(H,21,22). The molecule has 2 aromatic carbocycles. The van der Waals surface area contributed by atoms with Gasteiger partial charge in [-0.25, -0.2) is 0 Å². The van der Waals surface area contributed by atoms with Gasteiger partial charge in [0, 0.05) is 28.9 Å². The summed E-state index contributed by atoms with van der Waals surface area (Å²) in [6.45, 7) is 2.12. The molecule has 2 heterocycles. The number of rotatable bonds is 4. The Kier molecular flexibility index (Phi) is 3.75. The summed E-state index contributed by atoms with van der Waals surface area (Å²) < 4.78 is 5.86. The lowest BCUT2D eigenvalue weighted by molar-refractivity contribution is -0.116. The average Bonchev–Trinajstić information content (AvgIpc) is 3.20. The summed E-state index contributed by atoms with van der Waals surface area (Å²) >= 11 is 0. The lowest BCUT2D eigenvalue weighted by Crippen LogP contribution is -2.14. The molecule has 23 heavy (non-hydrogen) atoms. The van der Waals surface area contributed by atoms with E-state index in [-0.39, 0.29) is 5.91 Å². The zero-order chi connectivity index (χ0) is 15.6. The number of carbonyl (C=O) groups excluding carboxylic acids is 1. The number of hydrogen-bond donors (Lipinski definition) is 2. The number of carbonyl (C=O) groups is 1. The molecule has 0 spiro atoms. The van der Waals surface area contributed by atoms with E-state index in [9.17, 15) is 4.79 Å². The van der Waals surface area contributed by atoms with Crippen LogP contribution in [0.4, 0.5) is 5.69 Å². The molecule has 0 radical (unpaired) electrons. The van der Waals surface area contributed by atoms with E-state index < -0.39 is 0 Å². The molecule has 0 aliphatic carbocycles. The van der Waals surface area contributed by atoms with Crippen LogP contribution in [0.5, 0.6) is 0 Å². The lowest BCUT2D eigenvalue weighted by Gasteiger charge is -2.08. The molecule has 4 heteroatoms. The van der Waals surface area contributed by atoms with Crippen molar-refractivity contribution in [1.82, 2.24) is 5.32 Å². The molecule has 1 amide bonds. The highest BCUT2D eigenvalue weighted by Gasteiger charge is 2.16. The van der Waals surface area contributed by atoms with Crippen LogP contribution in [-0.4, -0.2) is 19.0 Å². The molecule has 0 bridgehead atoms. The van der Waals surface area contributed by atoms with Gasteiger partial charge >= 0.3 is 0 Å². The maximum absolute atomic E-state index is 12.1. The molecule has 1 aliphatic heterocycles. The molecule has 1 unspecified atom stereocenters. The van der Waals surface area contributed by atoms with Crippen LogP contribution < -0.4 is 10.6 Å². The third kappa shape index (κ3) is 2.94. The summed E-state index contributed by atoms with van der Waals surface area (Å²) in [5.74, 6) is 0.714. The van der Waals surface area contributed by atoms with Crippen molar-refractivity contribution in [3.05, 3.63) is 42.5 Å². The number of fused-ring (bicyclic) bond motifs is 3. The van der Waals surface area contributed by atoms with Gasteiger partial charge in [0.1, 0.15) is 11.2 Å². The van der Waals surface area contributed by atoms with Crippen LogP contribution in [0.3, 0.4) is 0 Å². The summed E-state index contributed by atoms with van der Waals surface area (Å²) in [6.07, 6.45) is 2.70. The van der Waals surface area contributed by atoms with Gasteiger partial charge in [0.15, 0.2) is 0 Å². The normalized spacial score (nSPS) is 17.8. The third-order valence-electron chi connectivity index (χ3n) is 4.60. The quantitative estimate of drug-likeness (QED) is 0.768. The predicted molar refractivity (Wildman–Crippen MR) is 92.6 cm³/mol. The van der Waals surface area contributed by atoms with Gasteiger partial charge in [-0.15, -0.1) is 0 Å². The minimum Gasteiger partial charge on any atom is -0.456 e. The van der Waals surface area contributed by atoms with E-state index >= 15 is 0 Å². The van der Waals surface area contributed by atoms with Crippen LogP contribution in [0, 0.1) is 5.92 Å². The van der Waals surface area contributed by atoms with Crippen LogP contribution >= 0.6 is 0 Å². The molecule has 0 saturated carbocycles. The number of nitrogens with one attached hydrogen (secondary N) is 2. The number of hydrogen-bond acceptors (Lipinski definition) is 3. The van der Waals surface area contributed by atoms with Crippen LogP contribution in [0.1, 0.15) is 19.3 Å². The van der Waals surface area contributed by atoms with Crippen molar-refractivity contribution >= 4 is 33.5 Å². The average molecular weight is 308 g/mol. The number of anilines is 1. The lowest BCUT2D eigenvalue weighted by atomic mass is 10.0. The molecule has 1 fully saturated rings. The number of amides is 1. The van der Waals surface area contributed by atoms with Crippen LogP contribution in [0.2, 0.25) is 0 Å². The number of benzene rings is 2. The fourth-order valence-electron chi connectivity index (χ4n) is 3.32. The first-order valence-corrected chi connectivity index (χ1v) is 8.21. The molecule has 2 N–H and O–H groups in total. The Hall–Kier alpha value is -2.33. The van der Waals surface area contributed by atoms with E-state index in [1.165, 1.54) is 6.42 Å². The van der Waals surface area contributed by atoms with Crippen LogP contribution in [0.15, 0.2) is 46.9 Å². The molecule has 1 aliphatic rings. The van der Waals surface area contributed by atoms with E-state index in [0.29, 0.717) is 12.3 Å². The molecule has 1 saturated heterocycles. The van der Waals surface area contributed by atoms with Crippen molar-refractivity contribution < 1.29 is 9.21 Å². The highest BCUT2D eigenvalue weighted by Crippen LogP contribution is 2.30. The Bertz CT molecular complexity index is 847. The predicted octanol–water partition coefficient (Wildman–Crippen LogP) is 3.91. The summed E-state index contributed by atoms with van der Waals surface area (Å²) in [5, 5.41) is 8.50. The summed E-state index contributed by atoms with van der Waals surface area (Å²) in [5.41, 5.74) is 2.48. The Morgan fingerprint density at radius 1 is 1.17 bits per heavy atom. The van der Waals surface area contributed by atoms with Crippen molar-refractivity contribution in [3.8, 4) is 0 Å². The van der Waals surface area contributed by atoms with Gasteiger partial charge in [-0.1, -0.05) is 18.2 Å². The Morgan fingerprint density at radius 2 is 2.04 bits per heavy atom. The Morgan fingerprint density at radius 3 is 2.91 bits per heavy atom. The van der Waals surface area contributed by atoms with Gasteiger partial charge in [-0.05, 0) is 50.0 Å². The van der Waals surface area contributed by atoms with Crippen LogP contribution in [0.25, 0.3) is 21.9 Å². The maximum atomic E-state index is 12.1. The Balaban J connectivity index is 1.48. The molecule has 4 rings (SSSR count). The molecule has 1 aromatic heterocycles. The summed E-state index contributed by atoms with van der Waals surface area (Å²) in [6, 6.07) is 13.8. The highest BCUT2D eigenvalue weighted by molar-refractivity contribution is 6.06. The van der Waals surface area contributed by atoms with Crippen molar-refractivity contribution in [3.63, 3.8) is 0 Å². The summed E-state index contributed by atoms with van der Waals surface area (Å²) in [4.78, 5) is 12.1.